The lowest BCUT2D eigenvalue weighted by Gasteiger charge is -2.27. The molecule has 0 spiro atoms. The molecule has 2 aliphatic heterocycles. The van der Waals surface area contributed by atoms with Gasteiger partial charge in [-0.2, -0.15) is 0 Å². The van der Waals surface area contributed by atoms with Gasteiger partial charge in [-0.25, -0.2) is 0 Å². The number of hydrogen-bond acceptors (Lipinski definition) is 5. The van der Waals surface area contributed by atoms with Crippen molar-refractivity contribution in [3.05, 3.63) is 75.7 Å². The molecule has 3 N–H and O–H groups in total. The molecule has 0 atom stereocenters. The number of nitrogens with one attached hydrogen (secondary N) is 1. The van der Waals surface area contributed by atoms with Gasteiger partial charge in [0.25, 0.3) is 5.91 Å². The Morgan fingerprint density at radius 2 is 1.78 bits per heavy atom. The van der Waals surface area contributed by atoms with Gasteiger partial charge in [-0.3, -0.25) is 14.5 Å². The van der Waals surface area contributed by atoms with Crippen LogP contribution in [0.2, 0.25) is 0 Å². The minimum absolute atomic E-state index is 0.195. The Bertz CT molecular complexity index is 1160. The zero-order valence-corrected chi connectivity index (χ0v) is 18.7. The van der Waals surface area contributed by atoms with Crippen LogP contribution in [0, 0.1) is 0 Å². The van der Waals surface area contributed by atoms with Crippen molar-refractivity contribution in [2.75, 3.05) is 18.4 Å². The molecule has 2 amide bonds. The second-order valence-electron chi connectivity index (χ2n) is 8.20. The van der Waals surface area contributed by atoms with Crippen molar-refractivity contribution in [1.29, 1.82) is 0 Å². The van der Waals surface area contributed by atoms with Gasteiger partial charge in [-0.15, -0.1) is 11.3 Å². The highest BCUT2D eigenvalue weighted by molar-refractivity contribution is 7.17. The first-order chi connectivity index (χ1) is 15.6. The van der Waals surface area contributed by atoms with Crippen LogP contribution in [-0.2, 0) is 17.8 Å². The maximum atomic E-state index is 13.6. The number of carbonyl (C=O) groups excluding carboxylic acids is 2. The predicted molar refractivity (Wildman–Crippen MR) is 126 cm³/mol. The molecule has 1 aromatic heterocycles. The smallest absolute Gasteiger partial charge is 0.251 e. The van der Waals surface area contributed by atoms with Gasteiger partial charge in [0, 0.05) is 29.1 Å². The summed E-state index contributed by atoms with van der Waals surface area (Å²) in [6.07, 6.45) is 1.85. The van der Waals surface area contributed by atoms with Gasteiger partial charge in [0.05, 0.1) is 11.5 Å². The molecule has 2 aliphatic rings. The highest BCUT2D eigenvalue weighted by atomic mass is 32.1. The van der Waals surface area contributed by atoms with E-state index in [1.165, 1.54) is 11.3 Å². The van der Waals surface area contributed by atoms with Crippen LogP contribution in [-0.4, -0.2) is 29.8 Å². The van der Waals surface area contributed by atoms with E-state index in [0.29, 0.717) is 22.1 Å². The van der Waals surface area contributed by atoms with Crippen molar-refractivity contribution >= 4 is 28.2 Å². The molecule has 7 heteroatoms. The molecule has 0 radical (unpaired) electrons. The average molecular weight is 448 g/mol. The quantitative estimate of drug-likeness (QED) is 0.603. The van der Waals surface area contributed by atoms with E-state index in [-0.39, 0.29) is 5.91 Å². The van der Waals surface area contributed by atoms with E-state index in [2.05, 4.69) is 17.1 Å². The summed E-state index contributed by atoms with van der Waals surface area (Å²) in [6, 6.07) is 15.1. The van der Waals surface area contributed by atoms with Gasteiger partial charge < -0.3 is 15.8 Å². The summed E-state index contributed by atoms with van der Waals surface area (Å²) in [6.45, 7) is 4.85. The fraction of sp³-hybridized carbons (Fsp3) is 0.280. The summed E-state index contributed by atoms with van der Waals surface area (Å²) in [4.78, 5) is 29.5. The van der Waals surface area contributed by atoms with E-state index < -0.39 is 11.8 Å². The van der Waals surface area contributed by atoms with Crippen LogP contribution in [0.3, 0.4) is 0 Å². The standard InChI is InChI=1S/C25H25N3O3S/c1-2-12-28-13-11-17-20(14-28)32-25(22(17)23(26)29)27-24(30)21-15-7-3-5-9-18(15)31-19-10-6-4-8-16(19)21/h3-10,21H,2,11-14H2,1H3,(H2,26,29)(H,27,30). The lowest BCUT2D eigenvalue weighted by Crippen LogP contribution is -2.31. The number of para-hydroxylation sites is 2. The Labute approximate surface area is 191 Å². The molecule has 32 heavy (non-hydrogen) atoms. The number of nitrogens with zero attached hydrogens (tertiary/aromatic N) is 1. The van der Waals surface area contributed by atoms with Crippen molar-refractivity contribution in [1.82, 2.24) is 4.90 Å². The zero-order valence-electron chi connectivity index (χ0n) is 17.9. The van der Waals surface area contributed by atoms with Crippen LogP contribution in [0.1, 0.15) is 51.2 Å². The molecule has 0 unspecified atom stereocenters. The van der Waals surface area contributed by atoms with Gasteiger partial charge >= 0.3 is 0 Å². The lowest BCUT2D eigenvalue weighted by atomic mass is 9.87. The number of anilines is 1. The number of rotatable bonds is 5. The van der Waals surface area contributed by atoms with Crippen LogP contribution in [0.25, 0.3) is 0 Å². The fourth-order valence-electron chi connectivity index (χ4n) is 4.69. The van der Waals surface area contributed by atoms with Crippen LogP contribution in [0.15, 0.2) is 48.5 Å². The highest BCUT2D eigenvalue weighted by Crippen LogP contribution is 2.45. The number of fused-ring (bicyclic) bond motifs is 3. The summed E-state index contributed by atoms with van der Waals surface area (Å²) in [5, 5.41) is 3.60. The fourth-order valence-corrected chi connectivity index (χ4v) is 5.99. The van der Waals surface area contributed by atoms with E-state index in [1.807, 2.05) is 48.5 Å². The third-order valence-corrected chi connectivity index (χ3v) is 7.23. The molecule has 0 saturated heterocycles. The topological polar surface area (TPSA) is 84.7 Å². The Morgan fingerprint density at radius 3 is 2.41 bits per heavy atom. The molecule has 0 bridgehead atoms. The summed E-state index contributed by atoms with van der Waals surface area (Å²) in [5.74, 6) is 0.117. The highest BCUT2D eigenvalue weighted by Gasteiger charge is 2.34. The number of ether oxygens (including phenoxy) is 1. The molecular weight excluding hydrogens is 422 g/mol. The molecule has 0 fully saturated rings. The SMILES string of the molecule is CCCN1CCc2c(sc(NC(=O)C3c4ccccc4Oc4ccccc43)c2C(N)=O)C1. The number of benzene rings is 2. The molecule has 0 saturated carbocycles. The average Bonchev–Trinajstić information content (AvgIpc) is 3.14. The Morgan fingerprint density at radius 1 is 1.12 bits per heavy atom. The van der Waals surface area contributed by atoms with Crippen molar-refractivity contribution < 1.29 is 14.3 Å². The summed E-state index contributed by atoms with van der Waals surface area (Å²) >= 11 is 1.47. The second kappa shape index (κ2) is 8.41. The first-order valence-electron chi connectivity index (χ1n) is 10.9. The van der Waals surface area contributed by atoms with Gasteiger partial charge in [0.1, 0.15) is 16.5 Å². The van der Waals surface area contributed by atoms with E-state index >= 15 is 0 Å². The summed E-state index contributed by atoms with van der Waals surface area (Å²) in [5.41, 5.74) is 8.82. The van der Waals surface area contributed by atoms with Gasteiger partial charge in [-0.1, -0.05) is 43.3 Å². The minimum Gasteiger partial charge on any atom is -0.457 e. The van der Waals surface area contributed by atoms with Gasteiger partial charge in [-0.05, 0) is 37.1 Å². The van der Waals surface area contributed by atoms with E-state index in [4.69, 9.17) is 10.5 Å². The van der Waals surface area contributed by atoms with Crippen molar-refractivity contribution in [2.45, 2.75) is 32.2 Å². The number of thiophene rings is 1. The van der Waals surface area contributed by atoms with Crippen LogP contribution < -0.4 is 15.8 Å². The monoisotopic (exact) mass is 447 g/mol. The van der Waals surface area contributed by atoms with Crippen LogP contribution in [0.5, 0.6) is 11.5 Å². The van der Waals surface area contributed by atoms with E-state index in [1.54, 1.807) is 0 Å². The maximum Gasteiger partial charge on any atom is 0.251 e. The van der Waals surface area contributed by atoms with Gasteiger partial charge in [0.2, 0.25) is 5.91 Å². The Kier molecular flexibility index (Phi) is 5.45. The number of carbonyl (C=O) groups is 2. The van der Waals surface area contributed by atoms with E-state index in [0.717, 1.165) is 54.0 Å². The molecule has 0 aliphatic carbocycles. The number of hydrogen-bond donors (Lipinski definition) is 2. The predicted octanol–water partition coefficient (Wildman–Crippen LogP) is 4.49. The molecule has 3 aromatic rings. The normalized spacial score (nSPS) is 15.3. The molecule has 5 rings (SSSR count). The van der Waals surface area contributed by atoms with Crippen LogP contribution >= 0.6 is 11.3 Å². The summed E-state index contributed by atoms with van der Waals surface area (Å²) < 4.78 is 6.01. The number of nitrogens with two attached hydrogens (primary N) is 1. The second-order valence-corrected chi connectivity index (χ2v) is 9.30. The Balaban J connectivity index is 1.51. The first kappa shape index (κ1) is 20.7. The molecule has 164 valence electrons. The molecule has 3 heterocycles. The summed E-state index contributed by atoms with van der Waals surface area (Å²) in [7, 11) is 0. The number of primary amides is 1. The van der Waals surface area contributed by atoms with Crippen molar-refractivity contribution in [2.24, 2.45) is 5.73 Å². The van der Waals surface area contributed by atoms with Crippen molar-refractivity contribution in [3.8, 4) is 11.5 Å². The van der Waals surface area contributed by atoms with Crippen molar-refractivity contribution in [3.63, 3.8) is 0 Å². The first-order valence-corrected chi connectivity index (χ1v) is 11.7. The van der Waals surface area contributed by atoms with Gasteiger partial charge in [0.15, 0.2) is 0 Å². The number of amides is 2. The van der Waals surface area contributed by atoms with E-state index in [9.17, 15) is 9.59 Å². The molecular formula is C25H25N3O3S. The maximum absolute atomic E-state index is 13.6. The zero-order chi connectivity index (χ0) is 22.2. The molecule has 6 nitrogen and oxygen atoms in total. The third-order valence-electron chi connectivity index (χ3n) is 6.10. The van der Waals surface area contributed by atoms with Crippen LogP contribution in [0.4, 0.5) is 5.00 Å². The minimum atomic E-state index is -0.535. The largest absolute Gasteiger partial charge is 0.457 e. The lowest BCUT2D eigenvalue weighted by molar-refractivity contribution is -0.116. The third kappa shape index (κ3) is 3.57. The molecule has 2 aromatic carbocycles. The Hall–Kier alpha value is -3.16.